The number of pyridine rings is 3. The number of anilines is 1. The number of nitrogens with one attached hydrogen (secondary N) is 2. The predicted octanol–water partition coefficient (Wildman–Crippen LogP) is 5.61. The molecule has 2 N–H and O–H groups in total. The highest BCUT2D eigenvalue weighted by molar-refractivity contribution is 5.75. The molecule has 7 heteroatoms. The van der Waals surface area contributed by atoms with E-state index in [-0.39, 0.29) is 0 Å². The van der Waals surface area contributed by atoms with Gasteiger partial charge < -0.3 is 10.6 Å². The molecule has 1 saturated heterocycles. The fraction of sp³-hybridized carbons (Fsp3) is 0.200. The zero-order chi connectivity index (χ0) is 24.9. The standard InChI is InChI=1S/C30H29N7/c1-2-6-22(7-3-1)17-34-30-16-23(15-29(36-30)28-8-4-5-11-33-28)24-14-25(19-32-18-24)26-20-35-37(21-26)27-9-12-31-13-10-27/h1-8,11,14-16,18-21,27,31H,9-10,12-13,17H2,(H,34,36). The van der Waals surface area contributed by atoms with Crippen molar-refractivity contribution >= 4 is 5.82 Å². The summed E-state index contributed by atoms with van der Waals surface area (Å²) in [5.74, 6) is 0.797. The lowest BCUT2D eigenvalue weighted by Crippen LogP contribution is -2.29. The van der Waals surface area contributed by atoms with E-state index in [1.807, 2.05) is 55.0 Å². The molecule has 1 aliphatic heterocycles. The largest absolute Gasteiger partial charge is 0.366 e. The van der Waals surface area contributed by atoms with Gasteiger partial charge in [-0.25, -0.2) is 4.98 Å². The normalized spacial score (nSPS) is 13.9. The van der Waals surface area contributed by atoms with Crippen LogP contribution < -0.4 is 10.6 Å². The average Bonchev–Trinajstić information content (AvgIpc) is 3.48. The van der Waals surface area contributed by atoms with E-state index in [1.54, 1.807) is 6.20 Å². The molecule has 1 aliphatic rings. The Kier molecular flexibility index (Phi) is 6.68. The summed E-state index contributed by atoms with van der Waals surface area (Å²) >= 11 is 0. The molecule has 7 nitrogen and oxygen atoms in total. The number of aromatic nitrogens is 5. The molecule has 0 atom stereocenters. The Labute approximate surface area is 216 Å². The van der Waals surface area contributed by atoms with E-state index in [9.17, 15) is 0 Å². The van der Waals surface area contributed by atoms with Crippen LogP contribution in [0.1, 0.15) is 24.4 Å². The first-order valence-corrected chi connectivity index (χ1v) is 12.7. The number of rotatable bonds is 7. The van der Waals surface area contributed by atoms with Crippen molar-refractivity contribution in [1.82, 2.24) is 30.0 Å². The lowest BCUT2D eigenvalue weighted by Gasteiger charge is -2.22. The molecule has 184 valence electrons. The first kappa shape index (κ1) is 23.1. The summed E-state index contributed by atoms with van der Waals surface area (Å²) in [6.07, 6.45) is 11.9. The van der Waals surface area contributed by atoms with Crippen molar-refractivity contribution in [1.29, 1.82) is 0 Å². The van der Waals surface area contributed by atoms with E-state index in [0.29, 0.717) is 12.6 Å². The molecule has 0 bridgehead atoms. The number of hydrogen-bond acceptors (Lipinski definition) is 6. The molecule has 5 aromatic rings. The Morgan fingerprint density at radius 1 is 0.811 bits per heavy atom. The van der Waals surface area contributed by atoms with Gasteiger partial charge in [0.2, 0.25) is 0 Å². The fourth-order valence-corrected chi connectivity index (χ4v) is 4.74. The summed E-state index contributed by atoms with van der Waals surface area (Å²) in [6, 6.07) is 23.0. The minimum Gasteiger partial charge on any atom is -0.366 e. The number of nitrogens with zero attached hydrogens (tertiary/aromatic N) is 5. The van der Waals surface area contributed by atoms with Crippen molar-refractivity contribution in [3.05, 3.63) is 103 Å². The number of piperidine rings is 1. The van der Waals surface area contributed by atoms with Crippen molar-refractivity contribution in [2.75, 3.05) is 18.4 Å². The van der Waals surface area contributed by atoms with Crippen LogP contribution in [-0.2, 0) is 6.54 Å². The van der Waals surface area contributed by atoms with Gasteiger partial charge in [-0.3, -0.25) is 14.6 Å². The third-order valence-corrected chi connectivity index (χ3v) is 6.76. The molecule has 1 fully saturated rings. The molecule has 6 rings (SSSR count). The van der Waals surface area contributed by atoms with Crippen LogP contribution in [-0.4, -0.2) is 37.8 Å². The molecule has 0 saturated carbocycles. The highest BCUT2D eigenvalue weighted by Gasteiger charge is 2.16. The van der Waals surface area contributed by atoms with Crippen LogP contribution in [0.15, 0.2) is 97.7 Å². The van der Waals surface area contributed by atoms with E-state index >= 15 is 0 Å². The summed E-state index contributed by atoms with van der Waals surface area (Å²) in [7, 11) is 0. The third-order valence-electron chi connectivity index (χ3n) is 6.76. The zero-order valence-electron chi connectivity index (χ0n) is 20.6. The van der Waals surface area contributed by atoms with Gasteiger partial charge in [-0.1, -0.05) is 36.4 Å². The summed E-state index contributed by atoms with van der Waals surface area (Å²) < 4.78 is 2.11. The molecule has 0 aliphatic carbocycles. The second-order valence-electron chi connectivity index (χ2n) is 9.33. The Balaban J connectivity index is 1.32. The maximum atomic E-state index is 4.87. The fourth-order valence-electron chi connectivity index (χ4n) is 4.74. The maximum Gasteiger partial charge on any atom is 0.127 e. The zero-order valence-corrected chi connectivity index (χ0v) is 20.6. The molecule has 0 amide bonds. The first-order valence-electron chi connectivity index (χ1n) is 12.7. The van der Waals surface area contributed by atoms with Gasteiger partial charge in [0, 0.05) is 48.0 Å². The van der Waals surface area contributed by atoms with E-state index in [4.69, 9.17) is 4.98 Å². The molecule has 0 spiro atoms. The third kappa shape index (κ3) is 5.42. The molecule has 4 aromatic heterocycles. The Hall–Kier alpha value is -4.36. The summed E-state index contributed by atoms with van der Waals surface area (Å²) in [4.78, 5) is 14.0. The van der Waals surface area contributed by atoms with Gasteiger partial charge in [-0.2, -0.15) is 5.10 Å². The number of hydrogen-bond donors (Lipinski definition) is 2. The summed E-state index contributed by atoms with van der Waals surface area (Å²) in [5.41, 5.74) is 7.03. The van der Waals surface area contributed by atoms with Crippen LogP contribution in [0.25, 0.3) is 33.6 Å². The average molecular weight is 488 g/mol. The predicted molar refractivity (Wildman–Crippen MR) is 147 cm³/mol. The molecular formula is C30H29N7. The SMILES string of the molecule is c1ccc(CNc2cc(-c3cncc(-c4cnn(C5CCNCC5)c4)c3)cc(-c3ccccn3)n2)cc1. The Morgan fingerprint density at radius 2 is 1.62 bits per heavy atom. The minimum atomic E-state index is 0.450. The topological polar surface area (TPSA) is 80.5 Å². The van der Waals surface area contributed by atoms with Crippen LogP contribution in [0.3, 0.4) is 0 Å². The first-order chi connectivity index (χ1) is 18.3. The molecule has 0 radical (unpaired) electrons. The van der Waals surface area contributed by atoms with Crippen molar-refractivity contribution in [3.63, 3.8) is 0 Å². The van der Waals surface area contributed by atoms with E-state index in [2.05, 4.69) is 66.9 Å². The minimum absolute atomic E-state index is 0.450. The second-order valence-corrected chi connectivity index (χ2v) is 9.33. The Morgan fingerprint density at radius 3 is 2.43 bits per heavy atom. The smallest absolute Gasteiger partial charge is 0.127 e. The van der Waals surface area contributed by atoms with E-state index in [1.165, 1.54) is 5.56 Å². The summed E-state index contributed by atoms with van der Waals surface area (Å²) in [5, 5.41) is 11.6. The quantitative estimate of drug-likeness (QED) is 0.311. The van der Waals surface area contributed by atoms with Crippen LogP contribution in [0, 0.1) is 0 Å². The molecule has 1 aromatic carbocycles. The highest BCUT2D eigenvalue weighted by Crippen LogP contribution is 2.30. The van der Waals surface area contributed by atoms with Crippen LogP contribution in [0.5, 0.6) is 0 Å². The Bertz CT molecular complexity index is 1460. The van der Waals surface area contributed by atoms with Gasteiger partial charge in [0.05, 0.1) is 23.6 Å². The van der Waals surface area contributed by atoms with Crippen LogP contribution in [0.4, 0.5) is 5.82 Å². The van der Waals surface area contributed by atoms with Gasteiger partial charge >= 0.3 is 0 Å². The van der Waals surface area contributed by atoms with Gasteiger partial charge in [0.15, 0.2) is 0 Å². The van der Waals surface area contributed by atoms with E-state index < -0.39 is 0 Å². The summed E-state index contributed by atoms with van der Waals surface area (Å²) in [6.45, 7) is 2.77. The second kappa shape index (κ2) is 10.7. The number of benzene rings is 1. The molecule has 37 heavy (non-hydrogen) atoms. The van der Waals surface area contributed by atoms with Gasteiger partial charge in [0.1, 0.15) is 5.82 Å². The van der Waals surface area contributed by atoms with Crippen LogP contribution in [0.2, 0.25) is 0 Å². The van der Waals surface area contributed by atoms with Crippen molar-refractivity contribution in [3.8, 4) is 33.6 Å². The van der Waals surface area contributed by atoms with Crippen molar-refractivity contribution < 1.29 is 0 Å². The lowest BCUT2D eigenvalue weighted by atomic mass is 10.0. The monoisotopic (exact) mass is 487 g/mol. The van der Waals surface area contributed by atoms with Crippen molar-refractivity contribution in [2.45, 2.75) is 25.4 Å². The molecular weight excluding hydrogens is 458 g/mol. The molecule has 5 heterocycles. The van der Waals surface area contributed by atoms with Gasteiger partial charge in [-0.05, 0) is 67.4 Å². The lowest BCUT2D eigenvalue weighted by molar-refractivity contribution is 0.343. The van der Waals surface area contributed by atoms with Gasteiger partial charge in [-0.15, -0.1) is 0 Å². The van der Waals surface area contributed by atoms with E-state index in [0.717, 1.165) is 65.4 Å². The van der Waals surface area contributed by atoms with Crippen LogP contribution >= 0.6 is 0 Å². The van der Waals surface area contributed by atoms with Crippen molar-refractivity contribution in [2.24, 2.45) is 0 Å². The maximum absolute atomic E-state index is 4.87. The highest BCUT2D eigenvalue weighted by atomic mass is 15.3. The molecule has 0 unspecified atom stereocenters. The van der Waals surface area contributed by atoms with Gasteiger partial charge in [0.25, 0.3) is 0 Å².